The Kier molecular flexibility index (Phi) is 8.58. The molecule has 0 spiro atoms. The van der Waals surface area contributed by atoms with Gasteiger partial charge in [-0.15, -0.1) is 0 Å². The van der Waals surface area contributed by atoms with Crippen molar-refractivity contribution in [2.45, 2.75) is 20.0 Å². The van der Waals surface area contributed by atoms with E-state index in [1.807, 2.05) is 36.4 Å². The van der Waals surface area contributed by atoms with E-state index < -0.39 is 0 Å². The summed E-state index contributed by atoms with van der Waals surface area (Å²) in [6.07, 6.45) is 0.678. The number of halogens is 2. The van der Waals surface area contributed by atoms with Crippen LogP contribution in [-0.4, -0.2) is 30.6 Å². The molecule has 172 valence electrons. The summed E-state index contributed by atoms with van der Waals surface area (Å²) in [6, 6.07) is 15.6. The predicted octanol–water partition coefficient (Wildman–Crippen LogP) is 6.09. The van der Waals surface area contributed by atoms with Crippen molar-refractivity contribution in [3.05, 3.63) is 75.8 Å². The van der Waals surface area contributed by atoms with Gasteiger partial charge in [0.25, 0.3) is 0 Å². The standard InChI is InChI=1S/C25H22Cl2O6/c1-2-31-24(30)9-10-32-19-7-3-5-16(11-19)20-8-4-6-17(25(20)27)15-33-23-13-22(29)18(14-28)12-21(23)26/h3-8,11-14,29H,2,9-10,15H2,1H3. The molecule has 0 radical (unpaired) electrons. The lowest BCUT2D eigenvalue weighted by Crippen LogP contribution is -2.09. The molecule has 3 aromatic rings. The molecule has 0 bridgehead atoms. The highest BCUT2D eigenvalue weighted by Gasteiger charge is 2.13. The highest BCUT2D eigenvalue weighted by molar-refractivity contribution is 6.34. The SMILES string of the molecule is CCOC(=O)CCOc1cccc(-c2cccc(COc3cc(O)c(C=O)cc3Cl)c2Cl)c1. The first-order chi connectivity index (χ1) is 15.9. The lowest BCUT2D eigenvalue weighted by molar-refractivity contribution is -0.143. The fraction of sp³-hybridized carbons (Fsp3) is 0.200. The number of carbonyl (C=O) groups is 2. The van der Waals surface area contributed by atoms with Gasteiger partial charge in [0, 0.05) is 17.2 Å². The Morgan fingerprint density at radius 3 is 2.61 bits per heavy atom. The minimum absolute atomic E-state index is 0.0803. The minimum atomic E-state index is -0.307. The summed E-state index contributed by atoms with van der Waals surface area (Å²) < 4.78 is 16.3. The van der Waals surface area contributed by atoms with Crippen LogP contribution in [0.15, 0.2) is 54.6 Å². The van der Waals surface area contributed by atoms with Crippen LogP contribution < -0.4 is 9.47 Å². The number of esters is 1. The van der Waals surface area contributed by atoms with Gasteiger partial charge in [0.15, 0.2) is 6.29 Å². The Morgan fingerprint density at radius 2 is 1.85 bits per heavy atom. The molecule has 0 aromatic heterocycles. The second-order valence-electron chi connectivity index (χ2n) is 6.96. The van der Waals surface area contributed by atoms with E-state index in [0.29, 0.717) is 29.2 Å². The van der Waals surface area contributed by atoms with E-state index in [1.54, 1.807) is 13.0 Å². The average Bonchev–Trinajstić information content (AvgIpc) is 2.80. The third-order valence-electron chi connectivity index (χ3n) is 4.70. The molecule has 33 heavy (non-hydrogen) atoms. The van der Waals surface area contributed by atoms with Crippen LogP contribution in [0.1, 0.15) is 29.3 Å². The van der Waals surface area contributed by atoms with Crippen molar-refractivity contribution in [1.82, 2.24) is 0 Å². The predicted molar refractivity (Wildman–Crippen MR) is 126 cm³/mol. The molecule has 0 fully saturated rings. The summed E-state index contributed by atoms with van der Waals surface area (Å²) in [5, 5.41) is 10.6. The van der Waals surface area contributed by atoms with Crippen LogP contribution in [0.5, 0.6) is 17.2 Å². The summed E-state index contributed by atoms with van der Waals surface area (Å²) in [5.41, 5.74) is 2.40. The molecule has 0 atom stereocenters. The fourth-order valence-electron chi connectivity index (χ4n) is 3.07. The molecule has 0 saturated heterocycles. The first-order valence-corrected chi connectivity index (χ1v) is 10.9. The maximum Gasteiger partial charge on any atom is 0.309 e. The topological polar surface area (TPSA) is 82.1 Å². The van der Waals surface area contributed by atoms with Crippen molar-refractivity contribution in [1.29, 1.82) is 0 Å². The van der Waals surface area contributed by atoms with Gasteiger partial charge in [-0.05, 0) is 30.7 Å². The Hall–Kier alpha value is -3.22. The maximum absolute atomic E-state index is 11.5. The summed E-state index contributed by atoms with van der Waals surface area (Å²) in [6.45, 7) is 2.40. The van der Waals surface area contributed by atoms with E-state index in [0.717, 1.165) is 11.1 Å². The molecule has 0 saturated carbocycles. The molecule has 0 heterocycles. The molecule has 3 rings (SSSR count). The van der Waals surface area contributed by atoms with E-state index in [4.69, 9.17) is 37.4 Å². The van der Waals surface area contributed by atoms with E-state index >= 15 is 0 Å². The number of phenols is 1. The van der Waals surface area contributed by atoms with Crippen LogP contribution in [0.25, 0.3) is 11.1 Å². The number of benzene rings is 3. The van der Waals surface area contributed by atoms with Crippen molar-refractivity contribution in [2.24, 2.45) is 0 Å². The first-order valence-electron chi connectivity index (χ1n) is 10.2. The Morgan fingerprint density at radius 1 is 1.06 bits per heavy atom. The molecular weight excluding hydrogens is 467 g/mol. The number of phenolic OH excluding ortho intramolecular Hbond substituents is 1. The van der Waals surface area contributed by atoms with Gasteiger partial charge >= 0.3 is 5.97 Å². The van der Waals surface area contributed by atoms with Crippen molar-refractivity contribution in [3.8, 4) is 28.4 Å². The maximum atomic E-state index is 11.5. The van der Waals surface area contributed by atoms with Crippen LogP contribution in [0.3, 0.4) is 0 Å². The Bertz CT molecular complexity index is 1150. The van der Waals surface area contributed by atoms with Gasteiger partial charge in [-0.25, -0.2) is 0 Å². The lowest BCUT2D eigenvalue weighted by atomic mass is 10.0. The van der Waals surface area contributed by atoms with Gasteiger partial charge in [0.1, 0.15) is 23.9 Å². The molecular formula is C25H22Cl2O6. The van der Waals surface area contributed by atoms with Gasteiger partial charge < -0.3 is 19.3 Å². The lowest BCUT2D eigenvalue weighted by Gasteiger charge is -2.14. The monoisotopic (exact) mass is 488 g/mol. The summed E-state index contributed by atoms with van der Waals surface area (Å²) in [7, 11) is 0. The number of hydrogen-bond acceptors (Lipinski definition) is 6. The number of ether oxygens (including phenoxy) is 3. The van der Waals surface area contributed by atoms with Gasteiger partial charge in [-0.3, -0.25) is 9.59 Å². The van der Waals surface area contributed by atoms with Crippen LogP contribution in [0.2, 0.25) is 10.0 Å². The van der Waals surface area contributed by atoms with Crippen LogP contribution >= 0.6 is 23.2 Å². The van der Waals surface area contributed by atoms with Crippen LogP contribution in [-0.2, 0) is 16.1 Å². The van der Waals surface area contributed by atoms with E-state index in [-0.39, 0.29) is 47.7 Å². The molecule has 0 unspecified atom stereocenters. The number of carbonyl (C=O) groups excluding carboxylic acids is 2. The van der Waals surface area contributed by atoms with Gasteiger partial charge in [-0.2, -0.15) is 0 Å². The first kappa shape index (κ1) is 24.4. The van der Waals surface area contributed by atoms with E-state index in [9.17, 15) is 14.7 Å². The zero-order chi connectivity index (χ0) is 23.8. The number of rotatable bonds is 10. The normalized spacial score (nSPS) is 10.5. The summed E-state index contributed by atoms with van der Waals surface area (Å²) in [4.78, 5) is 22.4. The third-order valence-corrected chi connectivity index (χ3v) is 5.44. The van der Waals surface area contributed by atoms with Crippen LogP contribution in [0, 0.1) is 0 Å². The molecule has 0 amide bonds. The van der Waals surface area contributed by atoms with Crippen molar-refractivity contribution < 1.29 is 28.9 Å². The molecule has 1 N–H and O–H groups in total. The van der Waals surface area contributed by atoms with E-state index in [2.05, 4.69) is 0 Å². The largest absolute Gasteiger partial charge is 0.507 e. The molecule has 6 nitrogen and oxygen atoms in total. The summed E-state index contributed by atoms with van der Waals surface area (Å²) >= 11 is 12.8. The van der Waals surface area contributed by atoms with Gasteiger partial charge in [0.05, 0.1) is 35.2 Å². The van der Waals surface area contributed by atoms with Crippen LogP contribution in [0.4, 0.5) is 0 Å². The quantitative estimate of drug-likeness (QED) is 0.274. The molecule has 0 aliphatic carbocycles. The fourth-order valence-corrected chi connectivity index (χ4v) is 3.59. The molecule has 0 aliphatic heterocycles. The van der Waals surface area contributed by atoms with E-state index in [1.165, 1.54) is 12.1 Å². The smallest absolute Gasteiger partial charge is 0.309 e. The van der Waals surface area contributed by atoms with Gasteiger partial charge in [0.2, 0.25) is 0 Å². The van der Waals surface area contributed by atoms with Gasteiger partial charge in [-0.1, -0.05) is 53.5 Å². The zero-order valence-corrected chi connectivity index (χ0v) is 19.4. The second kappa shape index (κ2) is 11.6. The summed E-state index contributed by atoms with van der Waals surface area (Å²) in [5.74, 6) is 0.313. The highest BCUT2D eigenvalue weighted by Crippen LogP contribution is 2.35. The van der Waals surface area contributed by atoms with Crippen molar-refractivity contribution in [2.75, 3.05) is 13.2 Å². The Labute approximate surface area is 201 Å². The van der Waals surface area contributed by atoms with Crippen molar-refractivity contribution in [3.63, 3.8) is 0 Å². The Balaban J connectivity index is 1.73. The third kappa shape index (κ3) is 6.40. The number of aromatic hydroxyl groups is 1. The molecule has 0 aliphatic rings. The number of aldehydes is 1. The second-order valence-corrected chi connectivity index (χ2v) is 7.74. The average molecular weight is 489 g/mol. The zero-order valence-electron chi connectivity index (χ0n) is 17.8. The molecule has 8 heteroatoms. The molecule has 3 aromatic carbocycles. The minimum Gasteiger partial charge on any atom is -0.507 e. The number of hydrogen-bond donors (Lipinski definition) is 1. The highest BCUT2D eigenvalue weighted by atomic mass is 35.5. The van der Waals surface area contributed by atoms with Crippen molar-refractivity contribution >= 4 is 35.5 Å².